The normalized spacial score (nSPS) is 20.7. The first-order valence-corrected chi connectivity index (χ1v) is 11.0. The zero-order valence-electron chi connectivity index (χ0n) is 17.6. The molecule has 162 valence electrons. The molecule has 1 heterocycles. The second-order valence-corrected chi connectivity index (χ2v) is 8.19. The largest absolute Gasteiger partial charge is 0.494 e. The second-order valence-electron chi connectivity index (χ2n) is 7.78. The van der Waals surface area contributed by atoms with Crippen molar-refractivity contribution in [2.24, 2.45) is 0 Å². The van der Waals surface area contributed by atoms with Gasteiger partial charge in [0, 0.05) is 17.0 Å². The van der Waals surface area contributed by atoms with E-state index in [1.165, 1.54) is 0 Å². The van der Waals surface area contributed by atoms with E-state index in [9.17, 15) is 5.11 Å². The van der Waals surface area contributed by atoms with E-state index in [4.69, 9.17) is 25.8 Å². The fourth-order valence-electron chi connectivity index (χ4n) is 3.80. The zero-order chi connectivity index (χ0) is 21.7. The van der Waals surface area contributed by atoms with Crippen LogP contribution in [0.3, 0.4) is 0 Å². The maximum atomic E-state index is 11.1. The molecule has 2 atom stereocenters. The highest BCUT2D eigenvalue weighted by atomic mass is 35.5. The molecule has 3 aromatic rings. The fraction of sp³-hybridized carbons (Fsp3) is 0.308. The molecule has 4 nitrogen and oxygen atoms in total. The zero-order valence-corrected chi connectivity index (χ0v) is 18.3. The van der Waals surface area contributed by atoms with E-state index in [-0.39, 0.29) is 6.10 Å². The van der Waals surface area contributed by atoms with Crippen molar-refractivity contribution in [3.05, 3.63) is 100 Å². The molecule has 1 saturated heterocycles. The lowest BCUT2D eigenvalue weighted by Gasteiger charge is -2.23. The van der Waals surface area contributed by atoms with Gasteiger partial charge in [0.05, 0.1) is 25.9 Å². The highest BCUT2D eigenvalue weighted by molar-refractivity contribution is 6.31. The molecule has 0 amide bonds. The van der Waals surface area contributed by atoms with Crippen LogP contribution in [0.15, 0.2) is 72.8 Å². The summed E-state index contributed by atoms with van der Waals surface area (Å²) in [6.45, 7) is 3.45. The predicted octanol–water partition coefficient (Wildman–Crippen LogP) is 5.48. The van der Waals surface area contributed by atoms with Gasteiger partial charge in [-0.25, -0.2) is 0 Å². The number of rotatable bonds is 8. The van der Waals surface area contributed by atoms with Gasteiger partial charge >= 0.3 is 0 Å². The molecule has 3 aromatic carbocycles. The summed E-state index contributed by atoms with van der Waals surface area (Å²) in [5, 5.41) is 11.8. The third-order valence-electron chi connectivity index (χ3n) is 5.47. The minimum atomic E-state index is -1.38. The van der Waals surface area contributed by atoms with Gasteiger partial charge < -0.3 is 19.3 Å². The average Bonchev–Trinajstić information content (AvgIpc) is 3.18. The van der Waals surface area contributed by atoms with Crippen LogP contribution in [0.5, 0.6) is 5.75 Å². The SMILES string of the molecule is CCOc1ccc(Cc2cc(C3(O)CC(OCc4ccccc4)CO3)ccc2Cl)cc1. The first kappa shape index (κ1) is 21.8. The van der Waals surface area contributed by atoms with Gasteiger partial charge in [-0.3, -0.25) is 0 Å². The summed E-state index contributed by atoms with van der Waals surface area (Å²) in [5.41, 5.74) is 3.85. The molecular weight excluding hydrogens is 412 g/mol. The Morgan fingerprint density at radius 3 is 2.55 bits per heavy atom. The molecule has 1 fully saturated rings. The third-order valence-corrected chi connectivity index (χ3v) is 5.84. The van der Waals surface area contributed by atoms with Crippen LogP contribution >= 0.6 is 11.6 Å². The van der Waals surface area contributed by atoms with Gasteiger partial charge in [-0.1, -0.05) is 60.1 Å². The van der Waals surface area contributed by atoms with Crippen molar-refractivity contribution in [2.75, 3.05) is 13.2 Å². The molecule has 0 bridgehead atoms. The molecular formula is C26H27ClO4. The van der Waals surface area contributed by atoms with Crippen molar-refractivity contribution in [1.29, 1.82) is 0 Å². The summed E-state index contributed by atoms with van der Waals surface area (Å²) in [7, 11) is 0. The number of hydrogen-bond acceptors (Lipinski definition) is 4. The molecule has 1 N–H and O–H groups in total. The maximum Gasteiger partial charge on any atom is 0.195 e. The van der Waals surface area contributed by atoms with E-state index in [2.05, 4.69) is 0 Å². The third kappa shape index (κ3) is 5.46. The van der Waals surface area contributed by atoms with Crippen LogP contribution in [0.25, 0.3) is 0 Å². The fourth-order valence-corrected chi connectivity index (χ4v) is 3.98. The molecule has 5 heteroatoms. The molecule has 0 spiro atoms. The first-order valence-electron chi connectivity index (χ1n) is 10.6. The number of aliphatic hydroxyl groups is 1. The van der Waals surface area contributed by atoms with E-state index in [0.717, 1.165) is 22.4 Å². The summed E-state index contributed by atoms with van der Waals surface area (Å²) >= 11 is 6.45. The van der Waals surface area contributed by atoms with Crippen molar-refractivity contribution in [3.8, 4) is 5.75 Å². The summed E-state index contributed by atoms with van der Waals surface area (Å²) in [6.07, 6.45) is 0.864. The van der Waals surface area contributed by atoms with Gasteiger partial charge in [-0.05, 0) is 54.3 Å². The summed E-state index contributed by atoms with van der Waals surface area (Å²) in [4.78, 5) is 0. The number of halogens is 1. The lowest BCUT2D eigenvalue weighted by Crippen LogP contribution is -2.25. The van der Waals surface area contributed by atoms with Crippen molar-refractivity contribution < 1.29 is 19.3 Å². The van der Waals surface area contributed by atoms with Crippen LogP contribution in [0.4, 0.5) is 0 Å². The molecule has 0 aliphatic carbocycles. The Balaban J connectivity index is 1.43. The second kappa shape index (κ2) is 9.84. The molecule has 0 saturated carbocycles. The van der Waals surface area contributed by atoms with Crippen molar-refractivity contribution in [3.63, 3.8) is 0 Å². The lowest BCUT2D eigenvalue weighted by molar-refractivity contribution is -0.179. The number of benzene rings is 3. The summed E-state index contributed by atoms with van der Waals surface area (Å²) in [5.74, 6) is -0.527. The summed E-state index contributed by atoms with van der Waals surface area (Å²) in [6, 6.07) is 23.5. The van der Waals surface area contributed by atoms with Crippen LogP contribution in [-0.4, -0.2) is 24.4 Å². The van der Waals surface area contributed by atoms with Gasteiger partial charge in [0.2, 0.25) is 0 Å². The molecule has 1 aliphatic heterocycles. The number of ether oxygens (including phenoxy) is 3. The van der Waals surface area contributed by atoms with Crippen LogP contribution in [0.1, 0.15) is 35.6 Å². The molecule has 31 heavy (non-hydrogen) atoms. The van der Waals surface area contributed by atoms with E-state index in [1.54, 1.807) is 0 Å². The van der Waals surface area contributed by atoms with Crippen LogP contribution in [-0.2, 0) is 28.3 Å². The Morgan fingerprint density at radius 2 is 1.81 bits per heavy atom. The van der Waals surface area contributed by atoms with Crippen LogP contribution in [0.2, 0.25) is 5.02 Å². The van der Waals surface area contributed by atoms with Crippen LogP contribution in [0, 0.1) is 0 Å². The molecule has 0 radical (unpaired) electrons. The Kier molecular flexibility index (Phi) is 6.93. The standard InChI is InChI=1S/C26H27ClO4/c1-2-29-23-11-8-19(9-12-23)14-21-15-22(10-13-25(21)27)26(28)16-24(18-31-26)30-17-20-6-4-3-5-7-20/h3-13,15,24,28H,2,14,16-18H2,1H3. The topological polar surface area (TPSA) is 47.9 Å². The molecule has 1 aliphatic rings. The minimum absolute atomic E-state index is 0.171. The first-order chi connectivity index (χ1) is 15.1. The van der Waals surface area contributed by atoms with Gasteiger partial charge in [0.1, 0.15) is 5.75 Å². The van der Waals surface area contributed by atoms with E-state index in [0.29, 0.717) is 43.2 Å². The van der Waals surface area contributed by atoms with E-state index in [1.807, 2.05) is 79.7 Å². The Hall–Kier alpha value is -2.37. The van der Waals surface area contributed by atoms with Gasteiger partial charge in [-0.2, -0.15) is 0 Å². The Labute approximate surface area is 188 Å². The minimum Gasteiger partial charge on any atom is -0.494 e. The molecule has 4 rings (SSSR count). The quantitative estimate of drug-likeness (QED) is 0.506. The van der Waals surface area contributed by atoms with Gasteiger partial charge in [0.15, 0.2) is 5.79 Å². The molecule has 2 unspecified atom stereocenters. The maximum absolute atomic E-state index is 11.1. The average molecular weight is 439 g/mol. The number of hydrogen-bond donors (Lipinski definition) is 1. The highest BCUT2D eigenvalue weighted by Crippen LogP contribution is 2.37. The lowest BCUT2D eigenvalue weighted by atomic mass is 9.97. The monoisotopic (exact) mass is 438 g/mol. The van der Waals surface area contributed by atoms with Gasteiger partial charge in [0.25, 0.3) is 0 Å². The van der Waals surface area contributed by atoms with Crippen molar-refractivity contribution >= 4 is 11.6 Å². The van der Waals surface area contributed by atoms with Gasteiger partial charge in [-0.15, -0.1) is 0 Å². The van der Waals surface area contributed by atoms with Crippen molar-refractivity contribution in [2.45, 2.75) is 38.3 Å². The van der Waals surface area contributed by atoms with Crippen molar-refractivity contribution in [1.82, 2.24) is 0 Å². The molecule has 0 aromatic heterocycles. The Bertz CT molecular complexity index is 990. The predicted molar refractivity (Wildman–Crippen MR) is 121 cm³/mol. The highest BCUT2D eigenvalue weighted by Gasteiger charge is 2.41. The smallest absolute Gasteiger partial charge is 0.195 e. The Morgan fingerprint density at radius 1 is 1.03 bits per heavy atom. The van der Waals surface area contributed by atoms with Crippen LogP contribution < -0.4 is 4.74 Å². The summed E-state index contributed by atoms with van der Waals surface area (Å²) < 4.78 is 17.3. The van der Waals surface area contributed by atoms with E-state index >= 15 is 0 Å². The van der Waals surface area contributed by atoms with E-state index < -0.39 is 5.79 Å².